The van der Waals surface area contributed by atoms with Crippen LogP contribution in [0.3, 0.4) is 0 Å². The molecule has 1 aromatic rings. The fourth-order valence-corrected chi connectivity index (χ4v) is 2.80. The van der Waals surface area contributed by atoms with Crippen molar-refractivity contribution in [3.63, 3.8) is 0 Å². The van der Waals surface area contributed by atoms with Crippen LogP contribution in [0.1, 0.15) is 18.9 Å². The second-order valence-electron chi connectivity index (χ2n) is 3.55. The van der Waals surface area contributed by atoms with Gasteiger partial charge in [-0.2, -0.15) is 11.8 Å². The molecule has 0 aliphatic rings. The van der Waals surface area contributed by atoms with E-state index in [2.05, 4.69) is 0 Å². The largest absolute Gasteiger partial charge is 0.328 e. The molecule has 0 aliphatic carbocycles. The van der Waals surface area contributed by atoms with Crippen LogP contribution in [0.15, 0.2) is 18.2 Å². The molecule has 15 heavy (non-hydrogen) atoms. The first-order chi connectivity index (χ1) is 7.09. The van der Waals surface area contributed by atoms with Crippen LogP contribution in [-0.4, -0.2) is 11.8 Å². The van der Waals surface area contributed by atoms with Gasteiger partial charge < -0.3 is 5.73 Å². The summed E-state index contributed by atoms with van der Waals surface area (Å²) in [7, 11) is 0. The summed E-state index contributed by atoms with van der Waals surface area (Å²) in [6.45, 7) is 2.02. The van der Waals surface area contributed by atoms with Crippen molar-refractivity contribution in [2.24, 2.45) is 5.73 Å². The van der Waals surface area contributed by atoms with Gasteiger partial charge in [0.05, 0.1) is 0 Å². The van der Waals surface area contributed by atoms with Crippen LogP contribution >= 0.6 is 35.0 Å². The molecule has 0 amide bonds. The zero-order chi connectivity index (χ0) is 11.3. The standard InChI is InChI=1S/C11H15Cl2NS/c1-8(14)4-5-15-7-9-2-3-10(12)6-11(9)13/h2-3,6,8H,4-5,7,14H2,1H3. The molecule has 1 nitrogen and oxygen atoms in total. The molecule has 0 aromatic heterocycles. The molecule has 0 bridgehead atoms. The number of hydrogen-bond acceptors (Lipinski definition) is 2. The van der Waals surface area contributed by atoms with Crippen molar-refractivity contribution in [3.8, 4) is 0 Å². The summed E-state index contributed by atoms with van der Waals surface area (Å²) in [6, 6.07) is 5.90. The van der Waals surface area contributed by atoms with E-state index in [4.69, 9.17) is 28.9 Å². The lowest BCUT2D eigenvalue weighted by molar-refractivity contribution is 0.721. The first-order valence-electron chi connectivity index (χ1n) is 4.87. The average Bonchev–Trinajstić information content (AvgIpc) is 2.14. The smallest absolute Gasteiger partial charge is 0.0461 e. The highest BCUT2D eigenvalue weighted by Gasteiger charge is 2.01. The molecule has 0 fully saturated rings. The first kappa shape index (κ1) is 13.2. The summed E-state index contributed by atoms with van der Waals surface area (Å²) >= 11 is 13.7. The molecule has 1 rings (SSSR count). The van der Waals surface area contributed by atoms with Gasteiger partial charge in [-0.1, -0.05) is 29.3 Å². The monoisotopic (exact) mass is 263 g/mol. The number of hydrogen-bond donors (Lipinski definition) is 1. The number of halogens is 2. The molecule has 2 N–H and O–H groups in total. The van der Waals surface area contributed by atoms with Gasteiger partial charge in [0.25, 0.3) is 0 Å². The van der Waals surface area contributed by atoms with Crippen molar-refractivity contribution in [3.05, 3.63) is 33.8 Å². The van der Waals surface area contributed by atoms with Crippen LogP contribution in [0, 0.1) is 0 Å². The van der Waals surface area contributed by atoms with Crippen LogP contribution in [0.2, 0.25) is 10.0 Å². The van der Waals surface area contributed by atoms with E-state index in [-0.39, 0.29) is 6.04 Å². The molecule has 0 aliphatic heterocycles. The molecule has 0 heterocycles. The fraction of sp³-hybridized carbons (Fsp3) is 0.455. The van der Waals surface area contributed by atoms with Crippen LogP contribution in [-0.2, 0) is 5.75 Å². The molecule has 1 atom stereocenters. The normalized spacial score (nSPS) is 12.8. The van der Waals surface area contributed by atoms with Crippen molar-refractivity contribution >= 4 is 35.0 Å². The van der Waals surface area contributed by atoms with Gasteiger partial charge >= 0.3 is 0 Å². The minimum absolute atomic E-state index is 0.276. The van der Waals surface area contributed by atoms with E-state index in [1.807, 2.05) is 30.8 Å². The molecule has 4 heteroatoms. The van der Waals surface area contributed by atoms with Crippen molar-refractivity contribution in [2.75, 3.05) is 5.75 Å². The van der Waals surface area contributed by atoms with E-state index in [1.165, 1.54) is 0 Å². The maximum Gasteiger partial charge on any atom is 0.0461 e. The predicted octanol–water partition coefficient (Wildman–Crippen LogP) is 3.96. The van der Waals surface area contributed by atoms with Crippen LogP contribution in [0.5, 0.6) is 0 Å². The van der Waals surface area contributed by atoms with Crippen molar-refractivity contribution in [1.82, 2.24) is 0 Å². The Morgan fingerprint density at radius 3 is 2.73 bits per heavy atom. The SMILES string of the molecule is CC(N)CCSCc1ccc(Cl)cc1Cl. The molecular weight excluding hydrogens is 249 g/mol. The van der Waals surface area contributed by atoms with Gasteiger partial charge in [0.1, 0.15) is 0 Å². The second-order valence-corrected chi connectivity index (χ2v) is 5.50. The summed E-state index contributed by atoms with van der Waals surface area (Å²) < 4.78 is 0. The number of thioether (sulfide) groups is 1. The Balaban J connectivity index is 2.37. The number of nitrogens with two attached hydrogens (primary N) is 1. The van der Waals surface area contributed by atoms with Gasteiger partial charge in [0.2, 0.25) is 0 Å². The first-order valence-corrected chi connectivity index (χ1v) is 6.78. The van der Waals surface area contributed by atoms with Crippen molar-refractivity contribution in [2.45, 2.75) is 25.1 Å². The zero-order valence-electron chi connectivity index (χ0n) is 8.67. The minimum Gasteiger partial charge on any atom is -0.328 e. The lowest BCUT2D eigenvalue weighted by atomic mass is 10.2. The summed E-state index contributed by atoms with van der Waals surface area (Å²) in [5, 5.41) is 1.43. The van der Waals surface area contributed by atoms with Gasteiger partial charge in [0, 0.05) is 21.8 Å². The molecule has 84 valence electrons. The third-order valence-electron chi connectivity index (χ3n) is 1.99. The summed E-state index contributed by atoms with van der Waals surface area (Å²) in [5.41, 5.74) is 6.80. The predicted molar refractivity (Wildman–Crippen MR) is 70.9 cm³/mol. The minimum atomic E-state index is 0.276. The zero-order valence-corrected chi connectivity index (χ0v) is 11.0. The molecule has 1 unspecified atom stereocenters. The van der Waals surface area contributed by atoms with E-state index in [0.717, 1.165) is 28.5 Å². The Kier molecular flexibility index (Phi) is 5.83. The van der Waals surface area contributed by atoms with Crippen molar-refractivity contribution < 1.29 is 0 Å². The van der Waals surface area contributed by atoms with Gasteiger partial charge in [-0.05, 0) is 36.8 Å². The topological polar surface area (TPSA) is 26.0 Å². The summed E-state index contributed by atoms with van der Waals surface area (Å²) in [4.78, 5) is 0. The Bertz CT molecular complexity index is 315. The highest BCUT2D eigenvalue weighted by atomic mass is 35.5. The number of rotatable bonds is 5. The van der Waals surface area contributed by atoms with E-state index in [1.54, 1.807) is 6.07 Å². The maximum atomic E-state index is 6.05. The molecule has 0 spiro atoms. The van der Waals surface area contributed by atoms with Crippen LogP contribution < -0.4 is 5.73 Å². The van der Waals surface area contributed by atoms with Crippen LogP contribution in [0.25, 0.3) is 0 Å². The quantitative estimate of drug-likeness (QED) is 0.814. The van der Waals surface area contributed by atoms with Gasteiger partial charge in [-0.3, -0.25) is 0 Å². The third-order valence-corrected chi connectivity index (χ3v) is 3.62. The van der Waals surface area contributed by atoms with E-state index in [9.17, 15) is 0 Å². The molecular formula is C11H15Cl2NS. The summed E-state index contributed by atoms with van der Waals surface area (Å²) in [5.74, 6) is 1.99. The number of benzene rings is 1. The third kappa shape index (κ3) is 5.12. The Hall–Kier alpha value is 0.110. The van der Waals surface area contributed by atoms with E-state index >= 15 is 0 Å². The summed E-state index contributed by atoms with van der Waals surface area (Å²) in [6.07, 6.45) is 1.04. The Morgan fingerprint density at radius 2 is 2.13 bits per heavy atom. The van der Waals surface area contributed by atoms with Gasteiger partial charge in [-0.15, -0.1) is 0 Å². The average molecular weight is 264 g/mol. The molecule has 0 saturated heterocycles. The van der Waals surface area contributed by atoms with Crippen molar-refractivity contribution in [1.29, 1.82) is 0 Å². The molecule has 0 saturated carbocycles. The van der Waals surface area contributed by atoms with Crippen LogP contribution in [0.4, 0.5) is 0 Å². The lowest BCUT2D eigenvalue weighted by Gasteiger charge is -2.06. The Labute approximate surface area is 105 Å². The highest BCUT2D eigenvalue weighted by molar-refractivity contribution is 7.98. The molecule has 1 aromatic carbocycles. The maximum absolute atomic E-state index is 6.05. The van der Waals surface area contributed by atoms with E-state index in [0.29, 0.717) is 5.02 Å². The van der Waals surface area contributed by atoms with E-state index < -0.39 is 0 Å². The second kappa shape index (κ2) is 6.64. The highest BCUT2D eigenvalue weighted by Crippen LogP contribution is 2.24. The fourth-order valence-electron chi connectivity index (χ4n) is 1.09. The lowest BCUT2D eigenvalue weighted by Crippen LogP contribution is -2.15. The Morgan fingerprint density at radius 1 is 1.40 bits per heavy atom. The molecule has 0 radical (unpaired) electrons. The van der Waals surface area contributed by atoms with Gasteiger partial charge in [0.15, 0.2) is 0 Å². The van der Waals surface area contributed by atoms with Gasteiger partial charge in [-0.25, -0.2) is 0 Å².